The molecule has 0 aromatic rings. The lowest BCUT2D eigenvalue weighted by Crippen LogP contribution is -2.48. The van der Waals surface area contributed by atoms with Crippen LogP contribution in [0, 0.1) is 0 Å². The second-order valence-electron chi connectivity index (χ2n) is 4.09. The quantitative estimate of drug-likeness (QED) is 0.717. The molecule has 1 heterocycles. The van der Waals surface area contributed by atoms with Crippen LogP contribution in [0.2, 0.25) is 0 Å². The van der Waals surface area contributed by atoms with Crippen LogP contribution >= 0.6 is 0 Å². The van der Waals surface area contributed by atoms with Crippen LogP contribution in [0.4, 0.5) is 0 Å². The lowest BCUT2D eigenvalue weighted by molar-refractivity contribution is 0.133. The summed E-state index contributed by atoms with van der Waals surface area (Å²) in [6, 6.07) is 1.55. The van der Waals surface area contributed by atoms with Crippen molar-refractivity contribution in [3.8, 4) is 0 Å². The Morgan fingerprint density at radius 2 is 2.08 bits per heavy atom. The van der Waals surface area contributed by atoms with Crippen LogP contribution in [0.3, 0.4) is 0 Å². The zero-order chi connectivity index (χ0) is 9.68. The number of nitrogens with zero attached hydrogens (tertiary/aromatic N) is 1. The average Bonchev–Trinajstić information content (AvgIpc) is 2.20. The lowest BCUT2D eigenvalue weighted by Gasteiger charge is -2.37. The van der Waals surface area contributed by atoms with E-state index in [1.165, 1.54) is 38.8 Å². The van der Waals surface area contributed by atoms with Crippen LogP contribution in [-0.4, -0.2) is 37.1 Å². The third-order valence-corrected chi connectivity index (χ3v) is 3.32. The number of rotatable bonds is 4. The third-order valence-electron chi connectivity index (χ3n) is 3.32. The molecule has 1 aliphatic rings. The van der Waals surface area contributed by atoms with Gasteiger partial charge in [-0.05, 0) is 39.3 Å². The van der Waals surface area contributed by atoms with Crippen molar-refractivity contribution in [1.82, 2.24) is 10.2 Å². The third kappa shape index (κ3) is 2.96. The summed E-state index contributed by atoms with van der Waals surface area (Å²) in [5.41, 5.74) is 0. The predicted molar refractivity (Wildman–Crippen MR) is 58.0 cm³/mol. The molecule has 0 aromatic heterocycles. The van der Waals surface area contributed by atoms with Gasteiger partial charge in [0.25, 0.3) is 0 Å². The van der Waals surface area contributed by atoms with Gasteiger partial charge in [-0.3, -0.25) is 4.90 Å². The van der Waals surface area contributed by atoms with Crippen molar-refractivity contribution in [3.63, 3.8) is 0 Å². The molecule has 0 radical (unpaired) electrons. The Labute approximate surface area is 82.7 Å². The van der Waals surface area contributed by atoms with E-state index in [9.17, 15) is 0 Å². The first-order valence-electron chi connectivity index (χ1n) is 5.73. The van der Waals surface area contributed by atoms with Gasteiger partial charge in [0.1, 0.15) is 0 Å². The Bertz CT molecular complexity index is 132. The Balaban J connectivity index is 2.40. The van der Waals surface area contributed by atoms with Gasteiger partial charge in [0.15, 0.2) is 0 Å². The fraction of sp³-hybridized carbons (Fsp3) is 1.00. The number of hydrogen-bond acceptors (Lipinski definition) is 2. The molecule has 2 heteroatoms. The van der Waals surface area contributed by atoms with Crippen molar-refractivity contribution < 1.29 is 0 Å². The van der Waals surface area contributed by atoms with Crippen molar-refractivity contribution in [2.75, 3.05) is 20.1 Å². The van der Waals surface area contributed by atoms with Gasteiger partial charge in [-0.1, -0.05) is 13.8 Å². The second-order valence-corrected chi connectivity index (χ2v) is 4.09. The predicted octanol–water partition coefficient (Wildman–Crippen LogP) is 1.86. The molecule has 0 bridgehead atoms. The van der Waals surface area contributed by atoms with Crippen LogP contribution < -0.4 is 5.32 Å². The molecule has 2 nitrogen and oxygen atoms in total. The van der Waals surface area contributed by atoms with E-state index in [2.05, 4.69) is 31.1 Å². The SMILES string of the molecule is CCC(CC)N1CCC[C@@H](NC)C1. The summed E-state index contributed by atoms with van der Waals surface area (Å²) in [5.74, 6) is 0. The van der Waals surface area contributed by atoms with Gasteiger partial charge in [0.05, 0.1) is 0 Å². The number of piperidine rings is 1. The fourth-order valence-electron chi connectivity index (χ4n) is 2.38. The highest BCUT2D eigenvalue weighted by molar-refractivity contribution is 4.80. The molecule has 0 aromatic carbocycles. The van der Waals surface area contributed by atoms with Crippen molar-refractivity contribution in [1.29, 1.82) is 0 Å². The summed E-state index contributed by atoms with van der Waals surface area (Å²) in [6.45, 7) is 7.17. The van der Waals surface area contributed by atoms with E-state index in [4.69, 9.17) is 0 Å². The van der Waals surface area contributed by atoms with Crippen molar-refractivity contribution in [2.24, 2.45) is 0 Å². The number of hydrogen-bond donors (Lipinski definition) is 1. The maximum absolute atomic E-state index is 3.40. The van der Waals surface area contributed by atoms with Crippen LogP contribution in [-0.2, 0) is 0 Å². The molecular weight excluding hydrogens is 160 g/mol. The highest BCUT2D eigenvalue weighted by Crippen LogP contribution is 2.16. The molecule has 1 N–H and O–H groups in total. The smallest absolute Gasteiger partial charge is 0.0192 e. The zero-order valence-corrected chi connectivity index (χ0v) is 9.34. The number of nitrogens with one attached hydrogen (secondary N) is 1. The summed E-state index contributed by atoms with van der Waals surface area (Å²) < 4.78 is 0. The zero-order valence-electron chi connectivity index (χ0n) is 9.34. The van der Waals surface area contributed by atoms with Crippen LogP contribution in [0.1, 0.15) is 39.5 Å². The minimum atomic E-state index is 0.731. The first-order valence-corrected chi connectivity index (χ1v) is 5.73. The van der Waals surface area contributed by atoms with E-state index in [1.54, 1.807) is 0 Å². The summed E-state index contributed by atoms with van der Waals surface area (Å²) in [6.07, 6.45) is 5.31. The molecule has 0 amide bonds. The second kappa shape index (κ2) is 5.61. The summed E-state index contributed by atoms with van der Waals surface area (Å²) in [7, 11) is 2.08. The first kappa shape index (κ1) is 11.0. The summed E-state index contributed by atoms with van der Waals surface area (Å²) in [5, 5.41) is 3.40. The highest BCUT2D eigenvalue weighted by atomic mass is 15.2. The molecule has 0 aliphatic carbocycles. The van der Waals surface area contributed by atoms with Crippen molar-refractivity contribution in [3.05, 3.63) is 0 Å². The van der Waals surface area contributed by atoms with Gasteiger partial charge in [-0.25, -0.2) is 0 Å². The van der Waals surface area contributed by atoms with E-state index in [0.29, 0.717) is 0 Å². The van der Waals surface area contributed by atoms with Crippen LogP contribution in [0.25, 0.3) is 0 Å². The monoisotopic (exact) mass is 184 g/mol. The minimum Gasteiger partial charge on any atom is -0.316 e. The molecule has 1 saturated heterocycles. The molecule has 13 heavy (non-hydrogen) atoms. The standard InChI is InChI=1S/C11H24N2/c1-4-11(5-2)13-8-6-7-10(9-13)12-3/h10-12H,4-9H2,1-3H3/t10-/m1/s1. The van der Waals surface area contributed by atoms with Crippen molar-refractivity contribution in [2.45, 2.75) is 51.6 Å². The maximum atomic E-state index is 3.40. The van der Waals surface area contributed by atoms with E-state index < -0.39 is 0 Å². The van der Waals surface area contributed by atoms with Gasteiger partial charge >= 0.3 is 0 Å². The molecule has 0 unspecified atom stereocenters. The largest absolute Gasteiger partial charge is 0.316 e. The van der Waals surface area contributed by atoms with E-state index in [1.807, 2.05) is 0 Å². The Morgan fingerprint density at radius 3 is 2.62 bits per heavy atom. The summed E-state index contributed by atoms with van der Waals surface area (Å²) in [4.78, 5) is 2.66. The minimum absolute atomic E-state index is 0.731. The van der Waals surface area contributed by atoms with Gasteiger partial charge in [-0.2, -0.15) is 0 Å². The molecule has 1 aliphatic heterocycles. The number of likely N-dealkylation sites (N-methyl/N-ethyl adjacent to an activating group) is 1. The van der Waals surface area contributed by atoms with E-state index in [-0.39, 0.29) is 0 Å². The Kier molecular flexibility index (Phi) is 4.74. The highest BCUT2D eigenvalue weighted by Gasteiger charge is 2.22. The van der Waals surface area contributed by atoms with Crippen molar-refractivity contribution >= 4 is 0 Å². The number of likely N-dealkylation sites (tertiary alicyclic amines) is 1. The molecule has 78 valence electrons. The normalized spacial score (nSPS) is 25.4. The van der Waals surface area contributed by atoms with E-state index >= 15 is 0 Å². The maximum Gasteiger partial charge on any atom is 0.0192 e. The lowest BCUT2D eigenvalue weighted by atomic mass is 10.0. The van der Waals surface area contributed by atoms with Gasteiger partial charge < -0.3 is 5.32 Å². The Hall–Kier alpha value is -0.0800. The van der Waals surface area contributed by atoms with Gasteiger partial charge in [0.2, 0.25) is 0 Å². The molecule has 1 atom stereocenters. The van der Waals surface area contributed by atoms with E-state index in [0.717, 1.165) is 12.1 Å². The van der Waals surface area contributed by atoms with Gasteiger partial charge in [-0.15, -0.1) is 0 Å². The van der Waals surface area contributed by atoms with Gasteiger partial charge in [0, 0.05) is 18.6 Å². The Morgan fingerprint density at radius 1 is 1.38 bits per heavy atom. The molecular formula is C11H24N2. The molecule has 1 rings (SSSR count). The molecule has 1 fully saturated rings. The first-order chi connectivity index (χ1) is 6.31. The van der Waals surface area contributed by atoms with Crippen LogP contribution in [0.5, 0.6) is 0 Å². The van der Waals surface area contributed by atoms with Crippen LogP contribution in [0.15, 0.2) is 0 Å². The summed E-state index contributed by atoms with van der Waals surface area (Å²) >= 11 is 0. The molecule has 0 spiro atoms. The topological polar surface area (TPSA) is 15.3 Å². The fourth-order valence-corrected chi connectivity index (χ4v) is 2.38. The molecule has 0 saturated carbocycles. The average molecular weight is 184 g/mol.